The minimum atomic E-state index is -0.136. The van der Waals surface area contributed by atoms with Crippen LogP contribution in [0.15, 0.2) is 0 Å². The molecule has 1 saturated heterocycles. The minimum absolute atomic E-state index is 0.136. The Kier molecular flexibility index (Phi) is 5.04. The Labute approximate surface area is 107 Å². The third-order valence-electron chi connectivity index (χ3n) is 3.91. The van der Waals surface area contributed by atoms with E-state index in [1.165, 1.54) is 12.8 Å². The van der Waals surface area contributed by atoms with Gasteiger partial charge in [-0.05, 0) is 26.2 Å². The van der Waals surface area contributed by atoms with Gasteiger partial charge in [-0.3, -0.25) is 4.90 Å². The fourth-order valence-electron chi connectivity index (χ4n) is 2.70. The SMILES string of the molecule is C#CC(C)(C)N1CC(CCC)NCC1C(C)C. The summed E-state index contributed by atoms with van der Waals surface area (Å²) < 4.78 is 0. The molecule has 2 heteroatoms. The zero-order valence-electron chi connectivity index (χ0n) is 12.1. The second-order valence-corrected chi connectivity index (χ2v) is 6.06. The molecule has 2 unspecified atom stereocenters. The Morgan fingerprint density at radius 2 is 2.12 bits per heavy atom. The molecule has 0 aliphatic carbocycles. The van der Waals surface area contributed by atoms with E-state index >= 15 is 0 Å². The van der Waals surface area contributed by atoms with Crippen molar-refractivity contribution >= 4 is 0 Å². The number of nitrogens with one attached hydrogen (secondary N) is 1. The summed E-state index contributed by atoms with van der Waals surface area (Å²) >= 11 is 0. The highest BCUT2D eigenvalue weighted by atomic mass is 15.3. The molecule has 0 aromatic heterocycles. The van der Waals surface area contributed by atoms with Crippen LogP contribution in [-0.2, 0) is 0 Å². The molecule has 0 saturated carbocycles. The maximum absolute atomic E-state index is 5.71. The molecule has 1 N–H and O–H groups in total. The van der Waals surface area contributed by atoms with Gasteiger partial charge in [-0.15, -0.1) is 6.42 Å². The van der Waals surface area contributed by atoms with Gasteiger partial charge in [0.15, 0.2) is 0 Å². The molecule has 0 aromatic carbocycles. The zero-order valence-corrected chi connectivity index (χ0v) is 12.1. The van der Waals surface area contributed by atoms with E-state index in [0.717, 1.165) is 13.1 Å². The zero-order chi connectivity index (χ0) is 13.1. The molecule has 0 amide bonds. The van der Waals surface area contributed by atoms with Crippen LogP contribution in [0, 0.1) is 18.3 Å². The molecule has 1 aliphatic rings. The molecule has 1 aliphatic heterocycles. The van der Waals surface area contributed by atoms with Gasteiger partial charge >= 0.3 is 0 Å². The summed E-state index contributed by atoms with van der Waals surface area (Å²) in [5.41, 5.74) is -0.136. The van der Waals surface area contributed by atoms with E-state index in [-0.39, 0.29) is 5.54 Å². The Hall–Kier alpha value is -0.520. The molecule has 0 aromatic rings. The van der Waals surface area contributed by atoms with Gasteiger partial charge in [0, 0.05) is 25.2 Å². The first-order valence-corrected chi connectivity index (χ1v) is 6.90. The van der Waals surface area contributed by atoms with Crippen molar-refractivity contribution in [2.24, 2.45) is 5.92 Å². The van der Waals surface area contributed by atoms with Gasteiger partial charge in [-0.1, -0.05) is 33.1 Å². The van der Waals surface area contributed by atoms with Crippen LogP contribution in [0.4, 0.5) is 0 Å². The fourth-order valence-corrected chi connectivity index (χ4v) is 2.70. The van der Waals surface area contributed by atoms with Crippen molar-refractivity contribution in [2.75, 3.05) is 13.1 Å². The first kappa shape index (κ1) is 14.5. The van der Waals surface area contributed by atoms with Gasteiger partial charge in [0.05, 0.1) is 5.54 Å². The average Bonchev–Trinajstić information content (AvgIpc) is 2.29. The van der Waals surface area contributed by atoms with Crippen LogP contribution < -0.4 is 5.32 Å². The first-order valence-electron chi connectivity index (χ1n) is 6.90. The molecule has 1 rings (SSSR count). The maximum atomic E-state index is 5.71. The second kappa shape index (κ2) is 5.89. The van der Waals surface area contributed by atoms with Gasteiger partial charge in [-0.2, -0.15) is 0 Å². The lowest BCUT2D eigenvalue weighted by Crippen LogP contribution is -2.63. The van der Waals surface area contributed by atoms with Gasteiger partial charge in [0.25, 0.3) is 0 Å². The average molecular weight is 236 g/mol. The molecule has 0 radical (unpaired) electrons. The van der Waals surface area contributed by atoms with E-state index in [4.69, 9.17) is 6.42 Å². The third kappa shape index (κ3) is 3.47. The van der Waals surface area contributed by atoms with Crippen LogP contribution in [0.5, 0.6) is 0 Å². The topological polar surface area (TPSA) is 15.3 Å². The highest BCUT2D eigenvalue weighted by molar-refractivity contribution is 5.11. The molecule has 1 heterocycles. The number of piperazine rings is 1. The smallest absolute Gasteiger partial charge is 0.0769 e. The summed E-state index contributed by atoms with van der Waals surface area (Å²) in [6, 6.07) is 1.15. The van der Waals surface area contributed by atoms with Crippen LogP contribution in [0.1, 0.15) is 47.5 Å². The standard InChI is InChI=1S/C15H28N2/c1-7-9-13-11-17(15(5,6)8-2)14(10-16-13)12(3)4/h2,12-14,16H,7,9-11H2,1,3-6H3. The third-order valence-corrected chi connectivity index (χ3v) is 3.91. The first-order chi connectivity index (χ1) is 7.92. The monoisotopic (exact) mass is 236 g/mol. The lowest BCUT2D eigenvalue weighted by atomic mass is 9.91. The van der Waals surface area contributed by atoms with Crippen molar-refractivity contribution in [3.8, 4) is 12.3 Å². The highest BCUT2D eigenvalue weighted by Crippen LogP contribution is 2.25. The Morgan fingerprint density at radius 1 is 1.47 bits per heavy atom. The van der Waals surface area contributed by atoms with Crippen molar-refractivity contribution in [1.29, 1.82) is 0 Å². The van der Waals surface area contributed by atoms with Gasteiger partial charge in [-0.25, -0.2) is 0 Å². The number of terminal acetylenes is 1. The van der Waals surface area contributed by atoms with Gasteiger partial charge < -0.3 is 5.32 Å². The molecule has 0 bridgehead atoms. The van der Waals surface area contributed by atoms with E-state index < -0.39 is 0 Å². The number of rotatable bonds is 4. The van der Waals surface area contributed by atoms with Crippen LogP contribution in [-0.4, -0.2) is 35.6 Å². The van der Waals surface area contributed by atoms with Crippen molar-refractivity contribution in [2.45, 2.75) is 65.1 Å². The van der Waals surface area contributed by atoms with Gasteiger partial charge in [0.2, 0.25) is 0 Å². The largest absolute Gasteiger partial charge is 0.311 e. The van der Waals surface area contributed by atoms with Gasteiger partial charge in [0.1, 0.15) is 0 Å². The molecule has 17 heavy (non-hydrogen) atoms. The van der Waals surface area contributed by atoms with Crippen molar-refractivity contribution in [1.82, 2.24) is 10.2 Å². The lowest BCUT2D eigenvalue weighted by Gasteiger charge is -2.48. The van der Waals surface area contributed by atoms with E-state index in [0.29, 0.717) is 18.0 Å². The summed E-state index contributed by atoms with van der Waals surface area (Å²) in [5, 5.41) is 3.67. The lowest BCUT2D eigenvalue weighted by molar-refractivity contribution is 0.0372. The van der Waals surface area contributed by atoms with Crippen molar-refractivity contribution in [3.63, 3.8) is 0 Å². The molecule has 2 atom stereocenters. The predicted octanol–water partition coefficient (Wildman–Crippen LogP) is 2.50. The number of hydrogen-bond acceptors (Lipinski definition) is 2. The summed E-state index contributed by atoms with van der Waals surface area (Å²) in [6.45, 7) is 13.3. The normalized spacial score (nSPS) is 27.1. The van der Waals surface area contributed by atoms with Crippen molar-refractivity contribution in [3.05, 3.63) is 0 Å². The Morgan fingerprint density at radius 3 is 2.59 bits per heavy atom. The second-order valence-electron chi connectivity index (χ2n) is 6.06. The minimum Gasteiger partial charge on any atom is -0.311 e. The molecular formula is C15H28N2. The van der Waals surface area contributed by atoms with E-state index in [9.17, 15) is 0 Å². The molecule has 2 nitrogen and oxygen atoms in total. The quantitative estimate of drug-likeness (QED) is 0.755. The maximum Gasteiger partial charge on any atom is 0.0769 e. The molecule has 0 spiro atoms. The Balaban J connectivity index is 2.81. The van der Waals surface area contributed by atoms with Crippen LogP contribution >= 0.6 is 0 Å². The number of nitrogens with zero attached hydrogens (tertiary/aromatic N) is 1. The molecular weight excluding hydrogens is 208 g/mol. The summed E-state index contributed by atoms with van der Waals surface area (Å²) in [4.78, 5) is 2.52. The van der Waals surface area contributed by atoms with Crippen molar-refractivity contribution < 1.29 is 0 Å². The summed E-state index contributed by atoms with van der Waals surface area (Å²) in [5.74, 6) is 3.59. The van der Waals surface area contributed by atoms with E-state index in [1.807, 2.05) is 0 Å². The molecule has 98 valence electrons. The van der Waals surface area contributed by atoms with Crippen LogP contribution in [0.3, 0.4) is 0 Å². The number of hydrogen-bond donors (Lipinski definition) is 1. The summed E-state index contributed by atoms with van der Waals surface area (Å²) in [7, 11) is 0. The fraction of sp³-hybridized carbons (Fsp3) is 0.867. The summed E-state index contributed by atoms with van der Waals surface area (Å²) in [6.07, 6.45) is 8.18. The van der Waals surface area contributed by atoms with E-state index in [1.54, 1.807) is 0 Å². The Bertz CT molecular complexity index is 275. The van der Waals surface area contributed by atoms with E-state index in [2.05, 4.69) is 50.8 Å². The predicted molar refractivity (Wildman–Crippen MR) is 74.9 cm³/mol. The van der Waals surface area contributed by atoms with Crippen LogP contribution in [0.25, 0.3) is 0 Å². The highest BCUT2D eigenvalue weighted by Gasteiger charge is 2.37. The molecule has 1 fully saturated rings. The van der Waals surface area contributed by atoms with Crippen LogP contribution in [0.2, 0.25) is 0 Å².